The summed E-state index contributed by atoms with van der Waals surface area (Å²) in [5.41, 5.74) is 0.927. The van der Waals surface area contributed by atoms with Gasteiger partial charge in [-0.05, 0) is 18.4 Å². The Hall–Kier alpha value is -1.56. The first-order valence-electron chi connectivity index (χ1n) is 6.41. The Balaban J connectivity index is 1.84. The molecule has 2 N–H and O–H groups in total. The highest BCUT2D eigenvalue weighted by molar-refractivity contribution is 7.90. The number of hydrogen-bond donors (Lipinski definition) is 2. The number of urea groups is 1. The summed E-state index contributed by atoms with van der Waals surface area (Å²) in [6.07, 6.45) is 3.11. The lowest BCUT2D eigenvalue weighted by atomic mass is 10.2. The van der Waals surface area contributed by atoms with Crippen molar-refractivity contribution in [3.8, 4) is 0 Å². The topological polar surface area (TPSA) is 75.3 Å². The molecule has 0 aromatic heterocycles. The number of rotatable bonds is 4. The molecule has 5 nitrogen and oxygen atoms in total. The van der Waals surface area contributed by atoms with E-state index in [2.05, 4.69) is 10.0 Å². The van der Waals surface area contributed by atoms with Gasteiger partial charge in [-0.1, -0.05) is 43.2 Å². The molecule has 19 heavy (non-hydrogen) atoms. The third-order valence-electron chi connectivity index (χ3n) is 3.27. The van der Waals surface area contributed by atoms with Gasteiger partial charge in [-0.15, -0.1) is 0 Å². The molecular formula is C13H18N2O3S. The molecule has 0 spiro atoms. The van der Waals surface area contributed by atoms with Gasteiger partial charge in [-0.3, -0.25) is 0 Å². The molecule has 1 fully saturated rings. The number of hydrogen-bond acceptors (Lipinski definition) is 3. The van der Waals surface area contributed by atoms with E-state index in [1.165, 1.54) is 0 Å². The molecule has 0 saturated heterocycles. The zero-order chi connectivity index (χ0) is 13.7. The Labute approximate surface area is 113 Å². The van der Waals surface area contributed by atoms with Crippen molar-refractivity contribution in [2.45, 2.75) is 37.5 Å². The van der Waals surface area contributed by atoms with Crippen LogP contribution in [0.4, 0.5) is 4.79 Å². The summed E-state index contributed by atoms with van der Waals surface area (Å²) in [6, 6.07) is 8.69. The minimum atomic E-state index is -3.53. The number of nitrogens with one attached hydrogen (secondary N) is 2. The smallest absolute Gasteiger partial charge is 0.328 e. The highest BCUT2D eigenvalue weighted by Gasteiger charge is 2.29. The fourth-order valence-electron chi connectivity index (χ4n) is 2.23. The zero-order valence-corrected chi connectivity index (χ0v) is 11.4. The first kappa shape index (κ1) is 13.9. The van der Waals surface area contributed by atoms with Crippen molar-refractivity contribution in [1.29, 1.82) is 0 Å². The number of sulfonamides is 1. The van der Waals surface area contributed by atoms with Crippen LogP contribution in [0.25, 0.3) is 0 Å². The lowest BCUT2D eigenvalue weighted by Crippen LogP contribution is -2.42. The van der Waals surface area contributed by atoms with E-state index in [0.717, 1.165) is 18.4 Å². The Bertz CT molecular complexity index is 522. The van der Waals surface area contributed by atoms with Crippen LogP contribution in [0.2, 0.25) is 0 Å². The second-order valence-corrected chi connectivity index (χ2v) is 6.68. The maximum absolute atomic E-state index is 11.9. The summed E-state index contributed by atoms with van der Waals surface area (Å²) in [4.78, 5) is 11.6. The average Bonchev–Trinajstić information content (AvgIpc) is 2.92. The van der Waals surface area contributed by atoms with Crippen molar-refractivity contribution in [2.75, 3.05) is 0 Å². The minimum Gasteiger partial charge on any atom is -0.333 e. The van der Waals surface area contributed by atoms with Gasteiger partial charge in [0.05, 0.1) is 5.25 Å². The first-order chi connectivity index (χ1) is 9.08. The van der Waals surface area contributed by atoms with E-state index in [0.29, 0.717) is 19.4 Å². The van der Waals surface area contributed by atoms with Gasteiger partial charge >= 0.3 is 6.03 Å². The van der Waals surface area contributed by atoms with Crippen LogP contribution in [-0.2, 0) is 16.6 Å². The first-order valence-corrected chi connectivity index (χ1v) is 7.96. The maximum atomic E-state index is 11.9. The molecule has 2 rings (SSSR count). The van der Waals surface area contributed by atoms with E-state index in [-0.39, 0.29) is 0 Å². The Kier molecular flexibility index (Phi) is 4.42. The minimum absolute atomic E-state index is 0.312. The molecule has 1 aliphatic carbocycles. The fourth-order valence-corrected chi connectivity index (χ4v) is 3.68. The van der Waals surface area contributed by atoms with E-state index >= 15 is 0 Å². The van der Waals surface area contributed by atoms with Crippen LogP contribution in [0, 0.1) is 0 Å². The van der Waals surface area contributed by atoms with Crippen molar-refractivity contribution in [3.63, 3.8) is 0 Å². The average molecular weight is 282 g/mol. The molecule has 0 atom stereocenters. The molecule has 1 aromatic rings. The second kappa shape index (κ2) is 6.06. The van der Waals surface area contributed by atoms with Crippen molar-refractivity contribution in [1.82, 2.24) is 10.0 Å². The molecule has 1 aromatic carbocycles. The molecule has 0 unspecified atom stereocenters. The second-order valence-electron chi connectivity index (χ2n) is 4.72. The molecule has 1 aliphatic rings. The quantitative estimate of drug-likeness (QED) is 0.883. The summed E-state index contributed by atoms with van der Waals surface area (Å²) in [7, 11) is -3.53. The molecule has 0 radical (unpaired) electrons. The van der Waals surface area contributed by atoms with E-state index < -0.39 is 21.3 Å². The number of amides is 2. The molecule has 104 valence electrons. The lowest BCUT2D eigenvalue weighted by molar-refractivity contribution is 0.245. The van der Waals surface area contributed by atoms with Gasteiger partial charge in [0, 0.05) is 6.54 Å². The maximum Gasteiger partial charge on any atom is 0.328 e. The number of carbonyl (C=O) groups excluding carboxylic acids is 1. The van der Waals surface area contributed by atoms with E-state index in [1.807, 2.05) is 30.3 Å². The lowest BCUT2D eigenvalue weighted by Gasteiger charge is -2.13. The van der Waals surface area contributed by atoms with Gasteiger partial charge in [0.1, 0.15) is 0 Å². The fraction of sp³-hybridized carbons (Fsp3) is 0.462. The van der Waals surface area contributed by atoms with E-state index in [9.17, 15) is 13.2 Å². The predicted octanol–water partition coefficient (Wildman–Crippen LogP) is 1.76. The zero-order valence-electron chi connectivity index (χ0n) is 10.6. The van der Waals surface area contributed by atoms with Crippen LogP contribution in [-0.4, -0.2) is 19.7 Å². The normalized spacial score (nSPS) is 16.2. The third-order valence-corrected chi connectivity index (χ3v) is 5.09. The van der Waals surface area contributed by atoms with Gasteiger partial charge in [-0.25, -0.2) is 17.9 Å². The Morgan fingerprint density at radius 1 is 1.16 bits per heavy atom. The molecule has 0 bridgehead atoms. The highest BCUT2D eigenvalue weighted by atomic mass is 32.2. The third kappa shape index (κ3) is 3.96. The van der Waals surface area contributed by atoms with Crippen LogP contribution >= 0.6 is 0 Å². The van der Waals surface area contributed by atoms with Crippen LogP contribution < -0.4 is 10.0 Å². The van der Waals surface area contributed by atoms with Gasteiger partial charge in [0.15, 0.2) is 0 Å². The molecular weight excluding hydrogens is 264 g/mol. The Morgan fingerprint density at radius 3 is 2.42 bits per heavy atom. The summed E-state index contributed by atoms with van der Waals surface area (Å²) >= 11 is 0. The van der Waals surface area contributed by atoms with Crippen molar-refractivity contribution in [2.24, 2.45) is 0 Å². The summed E-state index contributed by atoms with van der Waals surface area (Å²) in [6.45, 7) is 0.312. The highest BCUT2D eigenvalue weighted by Crippen LogP contribution is 2.23. The van der Waals surface area contributed by atoms with E-state index in [4.69, 9.17) is 0 Å². The van der Waals surface area contributed by atoms with Crippen molar-refractivity contribution in [3.05, 3.63) is 35.9 Å². The van der Waals surface area contributed by atoms with Crippen LogP contribution in [0.5, 0.6) is 0 Å². The summed E-state index contributed by atoms with van der Waals surface area (Å²) in [5.74, 6) is 0. The van der Waals surface area contributed by atoms with Gasteiger partial charge < -0.3 is 5.32 Å². The largest absolute Gasteiger partial charge is 0.333 e. The van der Waals surface area contributed by atoms with Crippen LogP contribution in [0.3, 0.4) is 0 Å². The number of carbonyl (C=O) groups is 1. The van der Waals surface area contributed by atoms with E-state index in [1.54, 1.807) is 0 Å². The standard InChI is InChI=1S/C13H18N2O3S/c16-13(14-10-11-6-2-1-3-7-11)15-19(17,18)12-8-4-5-9-12/h1-3,6-7,12H,4-5,8-10H2,(H2,14,15,16). The van der Waals surface area contributed by atoms with Gasteiger partial charge in [0.2, 0.25) is 10.0 Å². The predicted molar refractivity (Wildman–Crippen MR) is 73.0 cm³/mol. The van der Waals surface area contributed by atoms with Crippen molar-refractivity contribution >= 4 is 16.1 Å². The van der Waals surface area contributed by atoms with Crippen LogP contribution in [0.1, 0.15) is 31.2 Å². The number of benzene rings is 1. The molecule has 2 amide bonds. The summed E-state index contributed by atoms with van der Waals surface area (Å²) in [5, 5.41) is 2.13. The monoisotopic (exact) mass is 282 g/mol. The Morgan fingerprint density at radius 2 is 1.79 bits per heavy atom. The van der Waals surface area contributed by atoms with Crippen LogP contribution in [0.15, 0.2) is 30.3 Å². The molecule has 0 heterocycles. The molecule has 1 saturated carbocycles. The molecule has 6 heteroatoms. The van der Waals surface area contributed by atoms with Crippen molar-refractivity contribution < 1.29 is 13.2 Å². The van der Waals surface area contributed by atoms with Gasteiger partial charge in [-0.2, -0.15) is 0 Å². The summed E-state index contributed by atoms with van der Waals surface area (Å²) < 4.78 is 25.9. The SMILES string of the molecule is O=C(NCc1ccccc1)NS(=O)(=O)C1CCCC1. The molecule has 0 aliphatic heterocycles. The van der Waals surface area contributed by atoms with Gasteiger partial charge in [0.25, 0.3) is 0 Å².